The molecule has 1 heterocycles. The largest absolute Gasteiger partial charge is 0.352 e. The molecule has 166 valence electrons. The first-order valence-electron chi connectivity index (χ1n) is 10.4. The summed E-state index contributed by atoms with van der Waals surface area (Å²) in [5.41, 5.74) is 2.49. The molecule has 8 heteroatoms. The number of nitrogens with zero attached hydrogens (tertiary/aromatic N) is 2. The van der Waals surface area contributed by atoms with Gasteiger partial charge in [0, 0.05) is 51.1 Å². The molecule has 1 amide bonds. The van der Waals surface area contributed by atoms with Crippen LogP contribution in [0.25, 0.3) is 0 Å². The Kier molecular flexibility index (Phi) is 7.59. The molecule has 0 radical (unpaired) electrons. The van der Waals surface area contributed by atoms with Crippen LogP contribution in [0, 0.1) is 6.92 Å². The lowest BCUT2D eigenvalue weighted by Crippen LogP contribution is -2.47. The van der Waals surface area contributed by atoms with Crippen molar-refractivity contribution in [2.45, 2.75) is 31.2 Å². The normalized spacial score (nSPS) is 15.5. The fourth-order valence-electron chi connectivity index (χ4n) is 3.36. The number of sulfonamides is 1. The highest BCUT2D eigenvalue weighted by atomic mass is 32.2. The number of hydrogen-bond donors (Lipinski definition) is 1. The molecule has 0 bridgehead atoms. The minimum Gasteiger partial charge on any atom is -0.352 e. The summed E-state index contributed by atoms with van der Waals surface area (Å²) in [6.45, 7) is 4.64. The molecule has 0 atom stereocenters. The molecule has 3 rings (SSSR count). The van der Waals surface area contributed by atoms with Gasteiger partial charge in [0.2, 0.25) is 15.9 Å². The summed E-state index contributed by atoms with van der Waals surface area (Å²) in [7, 11) is -1.52. The first-order valence-corrected chi connectivity index (χ1v) is 11.8. The van der Waals surface area contributed by atoms with Gasteiger partial charge in [-0.2, -0.15) is 4.31 Å². The Morgan fingerprint density at radius 1 is 0.903 bits per heavy atom. The van der Waals surface area contributed by atoms with Crippen molar-refractivity contribution in [3.63, 3.8) is 0 Å². The molecule has 0 spiro atoms. The van der Waals surface area contributed by atoms with Gasteiger partial charge in [0.15, 0.2) is 5.78 Å². The minimum absolute atomic E-state index is 0.0615. The van der Waals surface area contributed by atoms with E-state index in [0.717, 1.165) is 24.2 Å². The van der Waals surface area contributed by atoms with E-state index in [-0.39, 0.29) is 36.0 Å². The average molecular weight is 444 g/mol. The molecule has 7 nitrogen and oxygen atoms in total. The van der Waals surface area contributed by atoms with Crippen molar-refractivity contribution >= 4 is 21.7 Å². The van der Waals surface area contributed by atoms with Crippen LogP contribution in [0.15, 0.2) is 53.4 Å². The molecule has 0 aromatic heterocycles. The molecule has 1 saturated heterocycles. The third-order valence-electron chi connectivity index (χ3n) is 5.47. The SMILES string of the molecule is Cc1ccc(C(=O)CCC(=O)NCc2ccc(S(=O)(=O)N3CCN(C)CC3)cc2)cc1. The van der Waals surface area contributed by atoms with Gasteiger partial charge in [-0.3, -0.25) is 9.59 Å². The number of benzene rings is 2. The van der Waals surface area contributed by atoms with Crippen molar-refractivity contribution in [3.05, 3.63) is 65.2 Å². The van der Waals surface area contributed by atoms with Gasteiger partial charge >= 0.3 is 0 Å². The van der Waals surface area contributed by atoms with Crippen LogP contribution in [0.3, 0.4) is 0 Å². The molecule has 1 N–H and O–H groups in total. The van der Waals surface area contributed by atoms with Crippen molar-refractivity contribution in [2.24, 2.45) is 0 Å². The van der Waals surface area contributed by atoms with E-state index in [4.69, 9.17) is 0 Å². The van der Waals surface area contributed by atoms with Crippen LogP contribution >= 0.6 is 0 Å². The number of piperazine rings is 1. The van der Waals surface area contributed by atoms with Crippen LogP contribution in [-0.2, 0) is 21.4 Å². The van der Waals surface area contributed by atoms with Crippen LogP contribution in [0.1, 0.15) is 34.3 Å². The monoisotopic (exact) mass is 443 g/mol. The molecular formula is C23H29N3O4S. The molecule has 31 heavy (non-hydrogen) atoms. The van der Waals surface area contributed by atoms with Crippen molar-refractivity contribution in [3.8, 4) is 0 Å². The average Bonchev–Trinajstić information content (AvgIpc) is 2.77. The molecule has 0 unspecified atom stereocenters. The number of rotatable bonds is 8. The van der Waals surface area contributed by atoms with E-state index >= 15 is 0 Å². The summed E-state index contributed by atoms with van der Waals surface area (Å²) < 4.78 is 27.0. The first-order chi connectivity index (χ1) is 14.8. The Hall–Kier alpha value is -2.55. The van der Waals surface area contributed by atoms with Gasteiger partial charge in [0.05, 0.1) is 4.90 Å². The Balaban J connectivity index is 1.48. The second-order valence-corrected chi connectivity index (χ2v) is 9.86. The Morgan fingerprint density at radius 3 is 2.13 bits per heavy atom. The maximum atomic E-state index is 12.8. The van der Waals surface area contributed by atoms with E-state index in [1.165, 1.54) is 4.31 Å². The van der Waals surface area contributed by atoms with Crippen LogP contribution in [0.4, 0.5) is 0 Å². The zero-order valence-corrected chi connectivity index (χ0v) is 18.8. The Morgan fingerprint density at radius 2 is 1.52 bits per heavy atom. The van der Waals surface area contributed by atoms with E-state index < -0.39 is 10.0 Å². The second-order valence-electron chi connectivity index (χ2n) is 7.92. The van der Waals surface area contributed by atoms with E-state index in [1.807, 2.05) is 26.1 Å². The molecule has 2 aromatic carbocycles. The van der Waals surface area contributed by atoms with E-state index in [9.17, 15) is 18.0 Å². The number of ketones is 1. The summed E-state index contributed by atoms with van der Waals surface area (Å²) in [5.74, 6) is -0.275. The highest BCUT2D eigenvalue weighted by molar-refractivity contribution is 7.89. The van der Waals surface area contributed by atoms with Crippen molar-refractivity contribution in [1.29, 1.82) is 0 Å². The fraction of sp³-hybridized carbons (Fsp3) is 0.391. The van der Waals surface area contributed by atoms with E-state index in [0.29, 0.717) is 18.7 Å². The molecular weight excluding hydrogens is 414 g/mol. The summed E-state index contributed by atoms with van der Waals surface area (Å²) in [6.07, 6.45) is 0.264. The minimum atomic E-state index is -3.50. The van der Waals surface area contributed by atoms with Crippen LogP contribution in [0.5, 0.6) is 0 Å². The number of Topliss-reactive ketones (excluding diaryl/α,β-unsaturated/α-hetero) is 1. The molecule has 0 aliphatic carbocycles. The standard InChI is InChI=1S/C23H29N3O4S/c1-18-3-7-20(8-4-18)22(27)11-12-23(28)24-17-19-5-9-21(10-6-19)31(29,30)26-15-13-25(2)14-16-26/h3-10H,11-17H2,1-2H3,(H,24,28). The summed E-state index contributed by atoms with van der Waals surface area (Å²) in [5, 5.41) is 2.78. The van der Waals surface area contributed by atoms with Crippen molar-refractivity contribution < 1.29 is 18.0 Å². The lowest BCUT2D eigenvalue weighted by atomic mass is 10.0. The summed E-state index contributed by atoms with van der Waals surface area (Å²) >= 11 is 0. The van der Waals surface area contributed by atoms with Crippen molar-refractivity contribution in [2.75, 3.05) is 33.2 Å². The number of carbonyl (C=O) groups excluding carboxylic acids is 2. The molecule has 1 aliphatic rings. The number of amides is 1. The van der Waals surface area contributed by atoms with Gasteiger partial charge in [0.25, 0.3) is 0 Å². The molecule has 2 aromatic rings. The van der Waals surface area contributed by atoms with Crippen LogP contribution < -0.4 is 5.32 Å². The number of likely N-dealkylation sites (N-methyl/N-ethyl adjacent to an activating group) is 1. The van der Waals surface area contributed by atoms with Gasteiger partial charge < -0.3 is 10.2 Å². The Bertz CT molecular complexity index is 1010. The topological polar surface area (TPSA) is 86.8 Å². The van der Waals surface area contributed by atoms with Gasteiger partial charge in [-0.15, -0.1) is 0 Å². The third-order valence-corrected chi connectivity index (χ3v) is 7.38. The van der Waals surface area contributed by atoms with Gasteiger partial charge in [-0.1, -0.05) is 42.0 Å². The van der Waals surface area contributed by atoms with E-state index in [1.54, 1.807) is 36.4 Å². The molecule has 0 saturated carbocycles. The maximum Gasteiger partial charge on any atom is 0.243 e. The van der Waals surface area contributed by atoms with Gasteiger partial charge in [-0.25, -0.2) is 8.42 Å². The lowest BCUT2D eigenvalue weighted by Gasteiger charge is -2.31. The highest BCUT2D eigenvalue weighted by Gasteiger charge is 2.27. The number of aryl methyl sites for hydroxylation is 1. The third kappa shape index (κ3) is 6.22. The quantitative estimate of drug-likeness (QED) is 0.632. The smallest absolute Gasteiger partial charge is 0.243 e. The van der Waals surface area contributed by atoms with Gasteiger partial charge in [-0.05, 0) is 31.7 Å². The number of nitrogens with one attached hydrogen (secondary N) is 1. The second kappa shape index (κ2) is 10.2. The maximum absolute atomic E-state index is 12.8. The zero-order chi connectivity index (χ0) is 22.4. The molecule has 1 fully saturated rings. The van der Waals surface area contributed by atoms with Crippen LogP contribution in [0.2, 0.25) is 0 Å². The first kappa shape index (κ1) is 23.1. The zero-order valence-electron chi connectivity index (χ0n) is 18.0. The van der Waals surface area contributed by atoms with E-state index in [2.05, 4.69) is 10.2 Å². The summed E-state index contributed by atoms with van der Waals surface area (Å²) in [6, 6.07) is 13.9. The lowest BCUT2D eigenvalue weighted by molar-refractivity contribution is -0.121. The predicted octanol–water partition coefficient (Wildman–Crippen LogP) is 2.21. The van der Waals surface area contributed by atoms with Crippen LogP contribution in [-0.4, -0.2) is 62.5 Å². The fourth-order valence-corrected chi connectivity index (χ4v) is 4.78. The predicted molar refractivity (Wildman–Crippen MR) is 119 cm³/mol. The van der Waals surface area contributed by atoms with Crippen molar-refractivity contribution in [1.82, 2.24) is 14.5 Å². The highest BCUT2D eigenvalue weighted by Crippen LogP contribution is 2.18. The Labute approximate surface area is 184 Å². The van der Waals surface area contributed by atoms with Gasteiger partial charge in [0.1, 0.15) is 0 Å². The molecule has 1 aliphatic heterocycles. The number of carbonyl (C=O) groups is 2. The summed E-state index contributed by atoms with van der Waals surface area (Å²) in [4.78, 5) is 26.6. The number of hydrogen-bond acceptors (Lipinski definition) is 5.